The number of ketones is 2. The van der Waals surface area contributed by atoms with Gasteiger partial charge in [0.25, 0.3) is 0 Å². The summed E-state index contributed by atoms with van der Waals surface area (Å²) in [5.74, 6) is -7.28. The molecule has 5 N–H and O–H groups in total. The third-order valence-corrected chi connectivity index (χ3v) is 13.4. The van der Waals surface area contributed by atoms with Crippen molar-refractivity contribution in [3.8, 4) is 0 Å². The summed E-state index contributed by atoms with van der Waals surface area (Å²) in [6.07, 6.45) is 9.62. The molecular weight excluding hydrogens is 716 g/mol. The Balaban J connectivity index is 1.99. The molecule has 2 saturated heterocycles. The zero-order valence-electron chi connectivity index (χ0n) is 35.8. The molecular formula is C45H74O11. The molecule has 11 nitrogen and oxygen atoms in total. The van der Waals surface area contributed by atoms with Crippen molar-refractivity contribution >= 4 is 17.5 Å². The number of fused-ring (bicyclic) bond motifs is 2. The van der Waals surface area contributed by atoms with Gasteiger partial charge in [-0.25, -0.2) is 4.79 Å². The van der Waals surface area contributed by atoms with Gasteiger partial charge in [-0.3, -0.25) is 9.59 Å². The first-order valence-electron chi connectivity index (χ1n) is 21.2. The lowest BCUT2D eigenvalue weighted by atomic mass is 9.74. The molecule has 320 valence electrons. The summed E-state index contributed by atoms with van der Waals surface area (Å²) in [5, 5.41) is 55.0. The molecule has 0 amide bonds. The van der Waals surface area contributed by atoms with Crippen LogP contribution < -0.4 is 0 Å². The van der Waals surface area contributed by atoms with E-state index in [4.69, 9.17) is 14.2 Å². The van der Waals surface area contributed by atoms with Crippen LogP contribution in [-0.4, -0.2) is 97.2 Å². The van der Waals surface area contributed by atoms with E-state index in [-0.39, 0.29) is 35.9 Å². The number of rotatable bonds is 3. The lowest BCUT2D eigenvalue weighted by Crippen LogP contribution is -2.62. The molecule has 0 aromatic carbocycles. The first kappa shape index (κ1) is 48.1. The highest BCUT2D eigenvalue weighted by molar-refractivity contribution is 5.91. The van der Waals surface area contributed by atoms with Crippen molar-refractivity contribution in [3.63, 3.8) is 0 Å². The maximum atomic E-state index is 13.5. The van der Waals surface area contributed by atoms with Crippen LogP contribution in [0.25, 0.3) is 0 Å². The van der Waals surface area contributed by atoms with Gasteiger partial charge in [0.15, 0.2) is 11.6 Å². The average Bonchev–Trinajstić information content (AvgIpc) is 3.16. The standard InChI is InChI=1S/C45H74O11/c1-12-34-17-15-13-14-16-27(4)42(51)44(11,53)43(52)32(9)40(50)31(8)39(49)30(7)38(48)26(3)18-21-37(47)54-41-29(6)35(20-19-34)55-45(33(41)10)23-22-25(2)36(56-45)24-28(5)46/h13-15,17-18,21,25-36,38,40-42,46,48,50-51,53H,12,16,19-20,22-24H2,1-11H3/b14-13+,17-15+,21-18+/t25-,26-,27+,28+,29+,30-,31+,32+,33-,34-,35-,36+,38+,40-,41+,42-,44+,45-/m1/s1. The van der Waals surface area contributed by atoms with Gasteiger partial charge in [0, 0.05) is 48.0 Å². The van der Waals surface area contributed by atoms with Crippen molar-refractivity contribution in [2.24, 2.45) is 53.3 Å². The number of hydrogen-bond donors (Lipinski definition) is 5. The smallest absolute Gasteiger partial charge is 0.330 e. The van der Waals surface area contributed by atoms with Crippen molar-refractivity contribution in [2.75, 3.05) is 0 Å². The Bertz CT molecular complexity index is 1390. The molecule has 18 atom stereocenters. The molecule has 0 saturated carbocycles. The third-order valence-electron chi connectivity index (χ3n) is 13.4. The number of ether oxygens (including phenoxy) is 3. The van der Waals surface area contributed by atoms with Gasteiger partial charge in [-0.15, -0.1) is 0 Å². The number of allylic oxidation sites excluding steroid dienone is 4. The number of Topliss-reactive ketones (excluding diaryl/α,β-unsaturated/α-hetero) is 2. The van der Waals surface area contributed by atoms with Crippen molar-refractivity contribution in [1.29, 1.82) is 0 Å². The normalized spacial score (nSPS) is 46.8. The number of aliphatic hydroxyl groups excluding tert-OH is 4. The SMILES string of the molecule is CC[C@@H]1/C=C/C=C/C[C@H](C)[C@@H](O)[C@](C)(O)C(=O)[C@@H](C)[C@H](O)[C@@H](C)C(=O)[C@H](C)[C@@H](O)[C@H](C)/C=C/C(=O)O[C@H]2[C@@H](C)[C@@H](CC1)O[C@@]1(CC[C@@H](C)[C@H](C[C@H](C)O)O1)[C@@H]2C. The van der Waals surface area contributed by atoms with Crippen LogP contribution in [0.1, 0.15) is 121 Å². The van der Waals surface area contributed by atoms with E-state index in [0.29, 0.717) is 25.7 Å². The van der Waals surface area contributed by atoms with Crippen molar-refractivity contribution in [2.45, 2.75) is 175 Å². The van der Waals surface area contributed by atoms with Crippen LogP contribution in [0.5, 0.6) is 0 Å². The molecule has 3 rings (SSSR count). The molecule has 3 heterocycles. The molecule has 0 radical (unpaired) electrons. The summed E-state index contributed by atoms with van der Waals surface area (Å²) in [6, 6.07) is 0. The minimum Gasteiger partial charge on any atom is -0.458 e. The Hall–Kier alpha value is -2.25. The largest absolute Gasteiger partial charge is 0.458 e. The highest BCUT2D eigenvalue weighted by Gasteiger charge is 2.56. The quantitative estimate of drug-likeness (QED) is 0.216. The van der Waals surface area contributed by atoms with E-state index >= 15 is 0 Å². The van der Waals surface area contributed by atoms with E-state index in [1.54, 1.807) is 20.8 Å². The first-order chi connectivity index (χ1) is 26.1. The second-order valence-electron chi connectivity index (χ2n) is 18.0. The Morgan fingerprint density at radius 2 is 1.48 bits per heavy atom. The van der Waals surface area contributed by atoms with E-state index in [1.165, 1.54) is 39.8 Å². The zero-order chi connectivity index (χ0) is 42.3. The van der Waals surface area contributed by atoms with Crippen LogP contribution in [-0.2, 0) is 28.6 Å². The first-order valence-corrected chi connectivity index (χ1v) is 21.2. The third kappa shape index (κ3) is 11.5. The van der Waals surface area contributed by atoms with Gasteiger partial charge in [0.1, 0.15) is 17.5 Å². The van der Waals surface area contributed by atoms with E-state index in [9.17, 15) is 39.9 Å². The Morgan fingerprint density at radius 1 is 0.839 bits per heavy atom. The topological polar surface area (TPSA) is 180 Å². The van der Waals surface area contributed by atoms with Crippen LogP contribution in [0.2, 0.25) is 0 Å². The van der Waals surface area contributed by atoms with Crippen LogP contribution in [0.15, 0.2) is 36.5 Å². The maximum absolute atomic E-state index is 13.5. The summed E-state index contributed by atoms with van der Waals surface area (Å²) < 4.78 is 20.0. The van der Waals surface area contributed by atoms with E-state index in [2.05, 4.69) is 19.9 Å². The maximum Gasteiger partial charge on any atom is 0.330 e. The summed E-state index contributed by atoms with van der Waals surface area (Å²) in [6.45, 7) is 19.1. The average molecular weight is 791 g/mol. The molecule has 0 aromatic rings. The summed E-state index contributed by atoms with van der Waals surface area (Å²) in [4.78, 5) is 40.5. The summed E-state index contributed by atoms with van der Waals surface area (Å²) in [7, 11) is 0. The lowest BCUT2D eigenvalue weighted by molar-refractivity contribution is -0.371. The fourth-order valence-electron chi connectivity index (χ4n) is 9.01. The van der Waals surface area contributed by atoms with Gasteiger partial charge in [0.05, 0.1) is 36.6 Å². The van der Waals surface area contributed by atoms with Gasteiger partial charge in [-0.05, 0) is 70.1 Å². The number of hydrogen-bond acceptors (Lipinski definition) is 11. The van der Waals surface area contributed by atoms with Crippen LogP contribution in [0.3, 0.4) is 0 Å². The minimum atomic E-state index is -2.18. The Labute approximate surface area is 336 Å². The monoisotopic (exact) mass is 791 g/mol. The highest BCUT2D eigenvalue weighted by atomic mass is 16.7. The molecule has 0 unspecified atom stereocenters. The van der Waals surface area contributed by atoms with Crippen LogP contribution in [0, 0.1) is 53.3 Å². The summed E-state index contributed by atoms with van der Waals surface area (Å²) in [5.41, 5.74) is -2.18. The molecule has 3 aliphatic rings. The molecule has 0 aromatic heterocycles. The van der Waals surface area contributed by atoms with E-state index < -0.39 is 89.0 Å². The van der Waals surface area contributed by atoms with E-state index in [1.807, 2.05) is 32.1 Å². The number of carbonyl (C=O) groups excluding carboxylic acids is 3. The number of esters is 1. The van der Waals surface area contributed by atoms with Crippen LogP contribution in [0.4, 0.5) is 0 Å². The highest BCUT2D eigenvalue weighted by Crippen LogP contribution is 2.49. The molecule has 56 heavy (non-hydrogen) atoms. The predicted molar refractivity (Wildman–Crippen MR) is 215 cm³/mol. The number of carbonyl (C=O) groups is 3. The van der Waals surface area contributed by atoms with Crippen molar-refractivity contribution < 1.29 is 54.1 Å². The Kier molecular flexibility index (Phi) is 17.7. The lowest BCUT2D eigenvalue weighted by Gasteiger charge is -2.55. The fraction of sp³-hybridized carbons (Fsp3) is 0.800. The summed E-state index contributed by atoms with van der Waals surface area (Å²) >= 11 is 0. The fourth-order valence-corrected chi connectivity index (χ4v) is 9.01. The zero-order valence-corrected chi connectivity index (χ0v) is 35.8. The Morgan fingerprint density at radius 3 is 2.11 bits per heavy atom. The minimum absolute atomic E-state index is 0.168. The second-order valence-corrected chi connectivity index (χ2v) is 18.0. The molecule has 3 aliphatic heterocycles. The van der Waals surface area contributed by atoms with Gasteiger partial charge in [0.2, 0.25) is 0 Å². The van der Waals surface area contributed by atoms with Gasteiger partial charge < -0.3 is 39.7 Å². The van der Waals surface area contributed by atoms with Crippen LogP contribution >= 0.6 is 0 Å². The van der Waals surface area contributed by atoms with Crippen molar-refractivity contribution in [1.82, 2.24) is 0 Å². The molecule has 2 fully saturated rings. The molecule has 1 spiro atoms. The van der Waals surface area contributed by atoms with E-state index in [0.717, 1.165) is 19.3 Å². The van der Waals surface area contributed by atoms with Gasteiger partial charge in [-0.1, -0.05) is 92.7 Å². The second kappa shape index (κ2) is 20.6. The number of aliphatic hydroxyl groups is 5. The van der Waals surface area contributed by atoms with Crippen molar-refractivity contribution in [3.05, 3.63) is 36.5 Å². The predicted octanol–water partition coefficient (Wildman–Crippen LogP) is 5.88. The molecule has 11 heteroatoms. The van der Waals surface area contributed by atoms with Gasteiger partial charge in [-0.2, -0.15) is 0 Å². The molecule has 0 aliphatic carbocycles. The van der Waals surface area contributed by atoms with Gasteiger partial charge >= 0.3 is 5.97 Å². The molecule has 2 bridgehead atoms.